The van der Waals surface area contributed by atoms with Gasteiger partial charge in [0.25, 0.3) is 0 Å². The van der Waals surface area contributed by atoms with Crippen LogP contribution in [-0.2, 0) is 6.54 Å². The van der Waals surface area contributed by atoms with Gasteiger partial charge in [0, 0.05) is 11.9 Å². The average Bonchev–Trinajstić information content (AvgIpc) is 2.81. The zero-order chi connectivity index (χ0) is 13.2. The quantitative estimate of drug-likeness (QED) is 0.640. The Morgan fingerprint density at radius 2 is 2.06 bits per heavy atom. The highest BCUT2D eigenvalue weighted by Gasteiger charge is 2.07. The monoisotopic (exact) mass is 270 g/mol. The van der Waals surface area contributed by atoms with Crippen molar-refractivity contribution in [2.24, 2.45) is 0 Å². The predicted molar refractivity (Wildman–Crippen MR) is 74.2 cm³/mol. The lowest BCUT2D eigenvalue weighted by molar-refractivity contribution is 0.0696. The molecule has 102 valence electrons. The molecule has 0 aliphatic rings. The Labute approximate surface area is 112 Å². The molecule has 1 heterocycles. The highest BCUT2D eigenvalue weighted by molar-refractivity contribution is 7.11. The summed E-state index contributed by atoms with van der Waals surface area (Å²) in [7, 11) is 0. The number of carboxylic acids is 1. The number of aromatic nitrogens is 1. The lowest BCUT2D eigenvalue weighted by Gasteiger charge is -2.02. The number of carbonyl (C=O) groups is 1. The van der Waals surface area contributed by atoms with E-state index in [0.29, 0.717) is 6.54 Å². The third-order valence-corrected chi connectivity index (χ3v) is 3.63. The summed E-state index contributed by atoms with van der Waals surface area (Å²) in [6.07, 6.45) is 7.72. The second-order valence-corrected chi connectivity index (χ2v) is 5.25. The number of rotatable bonds is 10. The Kier molecular flexibility index (Phi) is 7.60. The molecule has 0 bridgehead atoms. The molecule has 1 rings (SSSR count). The van der Waals surface area contributed by atoms with Gasteiger partial charge in [0.05, 0.1) is 5.69 Å². The Morgan fingerprint density at radius 1 is 1.33 bits per heavy atom. The van der Waals surface area contributed by atoms with Gasteiger partial charge in [0.15, 0.2) is 0 Å². The van der Waals surface area contributed by atoms with Crippen molar-refractivity contribution >= 4 is 17.3 Å². The Balaban J connectivity index is 2.02. The maximum atomic E-state index is 10.6. The second kappa shape index (κ2) is 9.05. The molecule has 1 aromatic rings. The highest BCUT2D eigenvalue weighted by Crippen LogP contribution is 2.09. The van der Waals surface area contributed by atoms with Gasteiger partial charge in [-0.05, 0) is 13.0 Å². The third kappa shape index (κ3) is 6.12. The molecular weight excluding hydrogens is 248 g/mol. The zero-order valence-corrected chi connectivity index (χ0v) is 11.8. The van der Waals surface area contributed by atoms with Gasteiger partial charge in [-0.3, -0.25) is 0 Å². The molecule has 0 saturated heterocycles. The SMILES string of the molecule is CCCCCCCCNCc1csc(C(=O)O)n1. The van der Waals surface area contributed by atoms with Crippen molar-refractivity contribution < 1.29 is 9.90 Å². The average molecular weight is 270 g/mol. The first-order chi connectivity index (χ1) is 8.74. The van der Waals surface area contributed by atoms with E-state index >= 15 is 0 Å². The van der Waals surface area contributed by atoms with Crippen LogP contribution in [0.3, 0.4) is 0 Å². The van der Waals surface area contributed by atoms with Gasteiger partial charge in [0.1, 0.15) is 0 Å². The second-order valence-electron chi connectivity index (χ2n) is 4.39. The lowest BCUT2D eigenvalue weighted by atomic mass is 10.1. The molecule has 18 heavy (non-hydrogen) atoms. The van der Waals surface area contributed by atoms with Crippen LogP contribution in [0.5, 0.6) is 0 Å². The molecular formula is C13H22N2O2S. The van der Waals surface area contributed by atoms with Crippen LogP contribution in [0.15, 0.2) is 5.38 Å². The molecule has 4 nitrogen and oxygen atoms in total. The summed E-state index contributed by atoms with van der Waals surface area (Å²) < 4.78 is 0. The molecule has 0 saturated carbocycles. The van der Waals surface area contributed by atoms with Crippen LogP contribution in [-0.4, -0.2) is 22.6 Å². The van der Waals surface area contributed by atoms with Crippen LogP contribution in [0.4, 0.5) is 0 Å². The zero-order valence-electron chi connectivity index (χ0n) is 10.9. The number of hydrogen-bond acceptors (Lipinski definition) is 4. The molecule has 5 heteroatoms. The van der Waals surface area contributed by atoms with E-state index in [0.717, 1.165) is 12.2 Å². The van der Waals surface area contributed by atoms with Crippen molar-refractivity contribution in [3.8, 4) is 0 Å². The largest absolute Gasteiger partial charge is 0.476 e. The fourth-order valence-corrected chi connectivity index (χ4v) is 2.39. The first-order valence-electron chi connectivity index (χ1n) is 6.62. The summed E-state index contributed by atoms with van der Waals surface area (Å²) in [5.74, 6) is -0.942. The van der Waals surface area contributed by atoms with Crippen LogP contribution < -0.4 is 5.32 Å². The standard InChI is InChI=1S/C13H22N2O2S/c1-2-3-4-5-6-7-8-14-9-11-10-18-12(15-11)13(16)17/h10,14H,2-9H2,1H3,(H,16,17). The van der Waals surface area contributed by atoms with Gasteiger partial charge in [-0.15, -0.1) is 11.3 Å². The van der Waals surface area contributed by atoms with Crippen molar-refractivity contribution in [1.82, 2.24) is 10.3 Å². The number of nitrogens with one attached hydrogen (secondary N) is 1. The van der Waals surface area contributed by atoms with Crippen LogP contribution in [0, 0.1) is 0 Å². The minimum absolute atomic E-state index is 0.173. The molecule has 0 fully saturated rings. The van der Waals surface area contributed by atoms with E-state index in [-0.39, 0.29) is 5.01 Å². The number of thiazole rings is 1. The number of aromatic carboxylic acids is 1. The van der Waals surface area contributed by atoms with E-state index < -0.39 is 5.97 Å². The van der Waals surface area contributed by atoms with Crippen molar-refractivity contribution in [2.75, 3.05) is 6.54 Å². The summed E-state index contributed by atoms with van der Waals surface area (Å²) in [5, 5.41) is 14.0. The molecule has 1 aromatic heterocycles. The maximum Gasteiger partial charge on any atom is 0.365 e. The van der Waals surface area contributed by atoms with Gasteiger partial charge in [-0.1, -0.05) is 39.0 Å². The molecule has 0 spiro atoms. The van der Waals surface area contributed by atoms with E-state index in [4.69, 9.17) is 5.11 Å². The van der Waals surface area contributed by atoms with Gasteiger partial charge in [0.2, 0.25) is 5.01 Å². The fraction of sp³-hybridized carbons (Fsp3) is 0.692. The minimum Gasteiger partial charge on any atom is -0.476 e. The number of unbranched alkanes of at least 4 members (excludes halogenated alkanes) is 5. The number of carboxylic acid groups (broad SMARTS) is 1. The van der Waals surface area contributed by atoms with E-state index in [1.165, 1.54) is 49.9 Å². The molecule has 0 aliphatic heterocycles. The van der Waals surface area contributed by atoms with Crippen molar-refractivity contribution in [3.63, 3.8) is 0 Å². The summed E-state index contributed by atoms with van der Waals surface area (Å²) in [6, 6.07) is 0. The Morgan fingerprint density at radius 3 is 2.72 bits per heavy atom. The van der Waals surface area contributed by atoms with Gasteiger partial charge in [-0.25, -0.2) is 9.78 Å². The normalized spacial score (nSPS) is 10.7. The third-order valence-electron chi connectivity index (χ3n) is 2.75. The smallest absolute Gasteiger partial charge is 0.365 e. The predicted octanol–water partition coefficient (Wildman–Crippen LogP) is 3.29. The molecule has 0 amide bonds. The molecule has 0 atom stereocenters. The summed E-state index contributed by atoms with van der Waals surface area (Å²) in [5.41, 5.74) is 0.823. The van der Waals surface area contributed by atoms with Crippen LogP contribution in [0.25, 0.3) is 0 Å². The molecule has 0 unspecified atom stereocenters. The molecule has 2 N–H and O–H groups in total. The number of nitrogens with zero attached hydrogens (tertiary/aromatic N) is 1. The van der Waals surface area contributed by atoms with Gasteiger partial charge >= 0.3 is 5.97 Å². The summed E-state index contributed by atoms with van der Waals surface area (Å²) in [4.78, 5) is 14.7. The lowest BCUT2D eigenvalue weighted by Crippen LogP contribution is -2.15. The minimum atomic E-state index is -0.942. The van der Waals surface area contributed by atoms with Crippen molar-refractivity contribution in [1.29, 1.82) is 0 Å². The van der Waals surface area contributed by atoms with Crippen LogP contribution >= 0.6 is 11.3 Å². The summed E-state index contributed by atoms with van der Waals surface area (Å²) >= 11 is 1.18. The van der Waals surface area contributed by atoms with E-state index in [2.05, 4.69) is 17.2 Å². The maximum absolute atomic E-state index is 10.6. The molecule has 0 aromatic carbocycles. The van der Waals surface area contributed by atoms with E-state index in [1.807, 2.05) is 0 Å². The Bertz CT molecular complexity index is 353. The molecule has 0 radical (unpaired) electrons. The fourth-order valence-electron chi connectivity index (χ4n) is 1.73. The van der Waals surface area contributed by atoms with Gasteiger partial charge in [-0.2, -0.15) is 0 Å². The van der Waals surface area contributed by atoms with Crippen molar-refractivity contribution in [3.05, 3.63) is 16.1 Å². The Hall–Kier alpha value is -0.940. The first-order valence-corrected chi connectivity index (χ1v) is 7.50. The van der Waals surface area contributed by atoms with E-state index in [9.17, 15) is 4.79 Å². The molecule has 0 aliphatic carbocycles. The van der Waals surface area contributed by atoms with Gasteiger partial charge < -0.3 is 10.4 Å². The number of hydrogen-bond donors (Lipinski definition) is 2. The van der Waals surface area contributed by atoms with Crippen LogP contribution in [0.1, 0.15) is 60.9 Å². The van der Waals surface area contributed by atoms with Crippen LogP contribution in [0.2, 0.25) is 0 Å². The first kappa shape index (κ1) is 15.1. The van der Waals surface area contributed by atoms with Crippen molar-refractivity contribution in [2.45, 2.75) is 52.0 Å². The van der Waals surface area contributed by atoms with E-state index in [1.54, 1.807) is 5.38 Å². The topological polar surface area (TPSA) is 62.2 Å². The highest BCUT2D eigenvalue weighted by atomic mass is 32.1. The summed E-state index contributed by atoms with van der Waals surface area (Å²) in [6.45, 7) is 3.87.